The first-order chi connectivity index (χ1) is 13.0. The van der Waals surface area contributed by atoms with Crippen LogP contribution in [0.25, 0.3) is 0 Å². The van der Waals surface area contributed by atoms with Crippen LogP contribution in [0.5, 0.6) is 0 Å². The van der Waals surface area contributed by atoms with E-state index >= 15 is 0 Å². The Morgan fingerprint density at radius 3 is 2.56 bits per heavy atom. The van der Waals surface area contributed by atoms with Gasteiger partial charge in [0.15, 0.2) is 0 Å². The maximum absolute atomic E-state index is 12.9. The van der Waals surface area contributed by atoms with Gasteiger partial charge in [-0.2, -0.15) is 5.10 Å². The normalized spacial score (nSPS) is 21.3. The Hall–Kier alpha value is -1.89. The van der Waals surface area contributed by atoms with Crippen LogP contribution in [0.1, 0.15) is 55.1 Å². The van der Waals surface area contributed by atoms with Crippen LogP contribution in [-0.4, -0.2) is 81.6 Å². The Labute approximate surface area is 162 Å². The number of carbonyl (C=O) groups is 2. The monoisotopic (exact) mass is 375 g/mol. The Bertz CT molecular complexity index is 665. The lowest BCUT2D eigenvalue weighted by molar-refractivity contribution is -0.132. The smallest absolute Gasteiger partial charge is 0.257 e. The van der Waals surface area contributed by atoms with E-state index in [4.69, 9.17) is 0 Å². The quantitative estimate of drug-likeness (QED) is 0.785. The molecule has 150 valence electrons. The minimum atomic E-state index is 0.0323. The van der Waals surface area contributed by atoms with Gasteiger partial charge < -0.3 is 14.7 Å². The zero-order valence-electron chi connectivity index (χ0n) is 17.0. The van der Waals surface area contributed by atoms with E-state index in [-0.39, 0.29) is 17.9 Å². The van der Waals surface area contributed by atoms with Gasteiger partial charge in [-0.25, -0.2) is 0 Å². The summed E-state index contributed by atoms with van der Waals surface area (Å²) in [5.74, 6) is 0.147. The lowest BCUT2D eigenvalue weighted by Crippen LogP contribution is -2.53. The average molecular weight is 376 g/mol. The number of likely N-dealkylation sites (tertiary alicyclic amines) is 2. The summed E-state index contributed by atoms with van der Waals surface area (Å²) in [6, 6.07) is 0.113. The molecule has 7 heteroatoms. The van der Waals surface area contributed by atoms with Crippen LogP contribution in [0.15, 0.2) is 6.20 Å². The van der Waals surface area contributed by atoms with Gasteiger partial charge in [-0.3, -0.25) is 14.3 Å². The average Bonchev–Trinajstić information content (AvgIpc) is 3.00. The van der Waals surface area contributed by atoms with Crippen LogP contribution in [0.2, 0.25) is 0 Å². The second kappa shape index (κ2) is 8.87. The minimum Gasteiger partial charge on any atom is -0.337 e. The number of aromatic nitrogens is 2. The molecule has 0 aromatic carbocycles. The van der Waals surface area contributed by atoms with E-state index in [2.05, 4.69) is 10.00 Å². The molecule has 1 unspecified atom stereocenters. The number of hydrogen-bond donors (Lipinski definition) is 0. The first kappa shape index (κ1) is 19.9. The zero-order valence-corrected chi connectivity index (χ0v) is 17.0. The van der Waals surface area contributed by atoms with Crippen molar-refractivity contribution in [2.45, 2.75) is 52.0 Å². The SMILES string of the molecule is CC(=O)N(CCN1CCCCC1)C1CCCN(C(=O)c2cn(C)nc2C)C1. The van der Waals surface area contributed by atoms with E-state index in [1.165, 1.54) is 19.3 Å². The van der Waals surface area contributed by atoms with Gasteiger partial charge in [-0.1, -0.05) is 6.42 Å². The van der Waals surface area contributed by atoms with Crippen molar-refractivity contribution >= 4 is 11.8 Å². The second-order valence-electron chi connectivity index (χ2n) is 7.96. The molecule has 3 rings (SSSR count). The first-order valence-corrected chi connectivity index (χ1v) is 10.2. The molecule has 0 N–H and O–H groups in total. The molecule has 0 radical (unpaired) electrons. The molecule has 3 heterocycles. The highest BCUT2D eigenvalue weighted by atomic mass is 16.2. The lowest BCUT2D eigenvalue weighted by atomic mass is 10.0. The fourth-order valence-corrected chi connectivity index (χ4v) is 4.40. The third-order valence-electron chi connectivity index (χ3n) is 5.88. The van der Waals surface area contributed by atoms with Gasteiger partial charge >= 0.3 is 0 Å². The number of hydrogen-bond acceptors (Lipinski definition) is 4. The van der Waals surface area contributed by atoms with Crippen LogP contribution < -0.4 is 0 Å². The van der Waals surface area contributed by atoms with Crippen molar-refractivity contribution in [2.75, 3.05) is 39.3 Å². The second-order valence-corrected chi connectivity index (χ2v) is 7.96. The molecule has 1 atom stereocenters. The molecule has 2 fully saturated rings. The van der Waals surface area contributed by atoms with Crippen molar-refractivity contribution in [3.8, 4) is 0 Å². The molecule has 0 saturated carbocycles. The van der Waals surface area contributed by atoms with Crippen molar-refractivity contribution in [1.29, 1.82) is 0 Å². The van der Waals surface area contributed by atoms with Crippen molar-refractivity contribution in [3.05, 3.63) is 17.5 Å². The molecule has 0 aliphatic carbocycles. The van der Waals surface area contributed by atoms with E-state index in [1.807, 2.05) is 23.8 Å². The van der Waals surface area contributed by atoms with Gasteiger partial charge in [-0.05, 0) is 45.7 Å². The van der Waals surface area contributed by atoms with E-state index < -0.39 is 0 Å². The Balaban J connectivity index is 1.62. The van der Waals surface area contributed by atoms with Crippen LogP contribution >= 0.6 is 0 Å². The van der Waals surface area contributed by atoms with Crippen molar-refractivity contribution in [3.63, 3.8) is 0 Å². The summed E-state index contributed by atoms with van der Waals surface area (Å²) in [5.41, 5.74) is 1.43. The topological polar surface area (TPSA) is 61.7 Å². The fraction of sp³-hybridized carbons (Fsp3) is 0.750. The summed E-state index contributed by atoms with van der Waals surface area (Å²) in [6.07, 6.45) is 7.53. The van der Waals surface area contributed by atoms with Gasteiger partial charge in [0.2, 0.25) is 5.91 Å². The van der Waals surface area contributed by atoms with Gasteiger partial charge in [-0.15, -0.1) is 0 Å². The van der Waals surface area contributed by atoms with Gasteiger partial charge in [0.05, 0.1) is 11.3 Å². The number of aryl methyl sites for hydroxylation is 2. The van der Waals surface area contributed by atoms with Crippen molar-refractivity contribution in [1.82, 2.24) is 24.5 Å². The molecule has 0 spiro atoms. The van der Waals surface area contributed by atoms with Crippen LogP contribution in [0.3, 0.4) is 0 Å². The van der Waals surface area contributed by atoms with E-state index in [0.29, 0.717) is 12.1 Å². The van der Waals surface area contributed by atoms with Crippen LogP contribution in [0, 0.1) is 6.92 Å². The summed E-state index contributed by atoms with van der Waals surface area (Å²) in [6.45, 7) is 8.87. The number of carbonyl (C=O) groups excluding carboxylic acids is 2. The molecular weight excluding hydrogens is 342 g/mol. The summed E-state index contributed by atoms with van der Waals surface area (Å²) in [4.78, 5) is 31.6. The predicted octanol–water partition coefficient (Wildman–Crippen LogP) is 1.67. The standard InChI is InChI=1S/C20H33N5O2/c1-16-19(15-22(3)21-16)20(27)24-11-7-8-18(14-24)25(17(2)26)13-12-23-9-5-4-6-10-23/h15,18H,4-14H2,1-3H3. The Kier molecular flexibility index (Phi) is 6.52. The number of piperidine rings is 2. The Morgan fingerprint density at radius 1 is 1.19 bits per heavy atom. The number of rotatable bonds is 5. The highest BCUT2D eigenvalue weighted by molar-refractivity contribution is 5.95. The largest absolute Gasteiger partial charge is 0.337 e. The fourth-order valence-electron chi connectivity index (χ4n) is 4.40. The third kappa shape index (κ3) is 4.89. The maximum Gasteiger partial charge on any atom is 0.257 e. The molecule has 1 aromatic heterocycles. The highest BCUT2D eigenvalue weighted by Crippen LogP contribution is 2.20. The zero-order chi connectivity index (χ0) is 19.4. The minimum absolute atomic E-state index is 0.0323. The lowest BCUT2D eigenvalue weighted by Gasteiger charge is -2.40. The predicted molar refractivity (Wildman–Crippen MR) is 105 cm³/mol. The molecule has 2 aliphatic rings. The summed E-state index contributed by atoms with van der Waals surface area (Å²) >= 11 is 0. The molecule has 27 heavy (non-hydrogen) atoms. The van der Waals surface area contributed by atoms with Crippen molar-refractivity contribution < 1.29 is 9.59 Å². The molecule has 2 saturated heterocycles. The summed E-state index contributed by atoms with van der Waals surface area (Å²) < 4.78 is 1.69. The van der Waals surface area contributed by atoms with Gasteiger partial charge in [0.25, 0.3) is 5.91 Å². The molecule has 7 nitrogen and oxygen atoms in total. The molecule has 2 amide bonds. The van der Waals surface area contributed by atoms with E-state index in [1.54, 1.807) is 17.8 Å². The third-order valence-corrected chi connectivity index (χ3v) is 5.88. The van der Waals surface area contributed by atoms with E-state index in [0.717, 1.165) is 51.3 Å². The van der Waals surface area contributed by atoms with Gasteiger partial charge in [0.1, 0.15) is 0 Å². The highest BCUT2D eigenvalue weighted by Gasteiger charge is 2.31. The number of amides is 2. The molecule has 2 aliphatic heterocycles. The summed E-state index contributed by atoms with van der Waals surface area (Å²) in [7, 11) is 1.83. The van der Waals surface area contributed by atoms with Crippen LogP contribution in [-0.2, 0) is 11.8 Å². The summed E-state index contributed by atoms with van der Waals surface area (Å²) in [5, 5.41) is 4.29. The maximum atomic E-state index is 12.9. The first-order valence-electron chi connectivity index (χ1n) is 10.2. The Morgan fingerprint density at radius 2 is 1.93 bits per heavy atom. The van der Waals surface area contributed by atoms with Crippen molar-refractivity contribution in [2.24, 2.45) is 7.05 Å². The van der Waals surface area contributed by atoms with E-state index in [9.17, 15) is 9.59 Å². The molecule has 1 aromatic rings. The number of nitrogens with zero attached hydrogens (tertiary/aromatic N) is 5. The van der Waals surface area contributed by atoms with Crippen LogP contribution in [0.4, 0.5) is 0 Å². The molecular formula is C20H33N5O2. The molecule has 0 bridgehead atoms. The van der Waals surface area contributed by atoms with Gasteiger partial charge in [0, 0.05) is 52.4 Å².